The first-order chi connectivity index (χ1) is 18.1. The normalized spacial score (nSPS) is 11.1. The molecule has 7 nitrogen and oxygen atoms in total. The fourth-order valence-electron chi connectivity index (χ4n) is 2.99. The first-order valence-electron chi connectivity index (χ1n) is 10.2. The number of alkyl halides is 4. The number of hydrogen-bond donors (Lipinski definition) is 1. The van der Waals surface area contributed by atoms with Crippen molar-refractivity contribution in [3.63, 3.8) is 0 Å². The molecule has 0 radical (unpaired) electrons. The van der Waals surface area contributed by atoms with Crippen LogP contribution in [0.2, 0.25) is 0 Å². The predicted octanol–water partition coefficient (Wildman–Crippen LogP) is 8.55. The van der Waals surface area contributed by atoms with Crippen molar-refractivity contribution in [1.29, 1.82) is 0 Å². The highest BCUT2D eigenvalue weighted by atomic mass is 79.9. The molecular weight excluding hydrogens is 608 g/mol. The summed E-state index contributed by atoms with van der Waals surface area (Å²) < 4.78 is 92.6. The molecule has 0 saturated carbocycles. The number of halogens is 7. The summed E-state index contributed by atoms with van der Waals surface area (Å²) in [7, 11) is 0. The van der Waals surface area contributed by atoms with E-state index >= 15 is 0 Å². The molecule has 0 unspecified atom stereocenters. The van der Waals surface area contributed by atoms with Gasteiger partial charge in [0.2, 0.25) is 0 Å². The summed E-state index contributed by atoms with van der Waals surface area (Å²) >= 11 is 4.43. The maximum absolute atomic E-state index is 14.1. The number of ether oxygens (including phenoxy) is 1. The summed E-state index contributed by atoms with van der Waals surface area (Å²) in [6, 6.07) is 9.56. The van der Waals surface area contributed by atoms with Gasteiger partial charge in [-0.15, -0.1) is 0 Å². The van der Waals surface area contributed by atoms with Gasteiger partial charge in [-0.3, -0.25) is 0 Å². The van der Waals surface area contributed by atoms with Gasteiger partial charge >= 0.3 is 0 Å². The highest BCUT2D eigenvalue weighted by molar-refractivity contribution is 9.11. The molecule has 198 valence electrons. The number of thiazole rings is 1. The molecule has 0 atom stereocenters. The monoisotopic (exact) mass is 619 g/mol. The first kappa shape index (κ1) is 27.2. The fourth-order valence-corrected chi connectivity index (χ4v) is 4.01. The number of nitrogens with zero attached hydrogens (tertiary/aromatic N) is 3. The SMILES string of the molecule is Fc1cccc(Oc2ncc(Br)s2)c1-c1cc(C(F)F)no1.Oc1cccc(F)c1-c1cc(C(F)F)no1. The van der Waals surface area contributed by atoms with E-state index < -0.39 is 41.6 Å². The van der Waals surface area contributed by atoms with Crippen molar-refractivity contribution >= 4 is 27.3 Å². The zero-order valence-corrected chi connectivity index (χ0v) is 20.8. The molecule has 5 rings (SSSR count). The third-order valence-corrected chi connectivity index (χ3v) is 5.97. The molecule has 0 spiro atoms. The number of rotatable bonds is 6. The second-order valence-electron chi connectivity index (χ2n) is 7.11. The maximum Gasteiger partial charge on any atom is 0.283 e. The Morgan fingerprint density at radius 1 is 0.842 bits per heavy atom. The van der Waals surface area contributed by atoms with E-state index in [1.165, 1.54) is 47.9 Å². The lowest BCUT2D eigenvalue weighted by Gasteiger charge is -2.07. The average Bonchev–Trinajstić information content (AvgIpc) is 3.61. The van der Waals surface area contributed by atoms with Gasteiger partial charge in [0.05, 0.1) is 21.1 Å². The van der Waals surface area contributed by atoms with Crippen LogP contribution in [-0.4, -0.2) is 20.4 Å². The summed E-state index contributed by atoms with van der Waals surface area (Å²) in [6.45, 7) is 0. The minimum Gasteiger partial charge on any atom is -0.507 e. The standard InChI is InChI=1S/C13H6BrF3N2O2S.C10H6F3NO2/c14-10-5-18-13(22-10)20-8-3-1-2-6(15)11(8)9-4-7(12(16)17)19-21-9;11-5-2-1-3-7(15)9(5)8-4-6(10(12)13)14-16-8/h1-5,12H;1-4,10,15H. The Bertz CT molecular complexity index is 1520. The van der Waals surface area contributed by atoms with Crippen molar-refractivity contribution in [2.45, 2.75) is 12.9 Å². The topological polar surface area (TPSA) is 94.4 Å². The smallest absolute Gasteiger partial charge is 0.283 e. The van der Waals surface area contributed by atoms with Crippen LogP contribution in [0.4, 0.5) is 26.3 Å². The predicted molar refractivity (Wildman–Crippen MR) is 125 cm³/mol. The second-order valence-corrected chi connectivity index (χ2v) is 9.49. The number of phenolic OH excluding ortho intramolecular Hbond substituents is 1. The van der Waals surface area contributed by atoms with Gasteiger partial charge in [-0.2, -0.15) is 0 Å². The van der Waals surface area contributed by atoms with Crippen LogP contribution >= 0.6 is 27.3 Å². The van der Waals surface area contributed by atoms with E-state index in [9.17, 15) is 31.4 Å². The molecule has 3 aromatic heterocycles. The van der Waals surface area contributed by atoms with Crippen molar-refractivity contribution in [3.05, 3.63) is 81.5 Å². The number of phenols is 1. The molecule has 5 aromatic rings. The van der Waals surface area contributed by atoms with E-state index in [0.29, 0.717) is 0 Å². The molecule has 3 heterocycles. The summed E-state index contributed by atoms with van der Waals surface area (Å²) in [5.74, 6) is -2.11. The summed E-state index contributed by atoms with van der Waals surface area (Å²) in [6.07, 6.45) is -4.07. The molecule has 38 heavy (non-hydrogen) atoms. The Kier molecular flexibility index (Phi) is 8.36. The van der Waals surface area contributed by atoms with Crippen LogP contribution in [-0.2, 0) is 0 Å². The van der Waals surface area contributed by atoms with Gasteiger partial charge in [-0.05, 0) is 40.2 Å². The van der Waals surface area contributed by atoms with Gasteiger partial charge in [0.15, 0.2) is 11.5 Å². The molecule has 0 saturated heterocycles. The van der Waals surface area contributed by atoms with Crippen molar-refractivity contribution < 1.29 is 45.2 Å². The Hall–Kier alpha value is -3.85. The lowest BCUT2D eigenvalue weighted by molar-refractivity contribution is 0.140. The summed E-state index contributed by atoms with van der Waals surface area (Å²) in [5.41, 5.74) is -1.53. The molecule has 15 heteroatoms. The molecule has 1 N–H and O–H groups in total. The van der Waals surface area contributed by atoms with Crippen LogP contribution in [0.25, 0.3) is 22.6 Å². The van der Waals surface area contributed by atoms with Gasteiger partial charge in [0.25, 0.3) is 18.0 Å². The highest BCUT2D eigenvalue weighted by Gasteiger charge is 2.22. The Balaban J connectivity index is 0.000000186. The van der Waals surface area contributed by atoms with Crippen LogP contribution in [0.5, 0.6) is 16.7 Å². The number of aromatic hydroxyl groups is 1. The minimum absolute atomic E-state index is 0.0896. The highest BCUT2D eigenvalue weighted by Crippen LogP contribution is 2.38. The number of benzene rings is 2. The maximum atomic E-state index is 14.1. The minimum atomic E-state index is -2.80. The average molecular weight is 620 g/mol. The number of hydrogen-bond acceptors (Lipinski definition) is 8. The third kappa shape index (κ3) is 6.16. The Labute approximate surface area is 221 Å². The Morgan fingerprint density at radius 3 is 1.89 bits per heavy atom. The van der Waals surface area contributed by atoms with E-state index in [0.717, 1.165) is 22.0 Å². The van der Waals surface area contributed by atoms with Crippen LogP contribution in [0, 0.1) is 11.6 Å². The molecule has 0 aliphatic rings. The van der Waals surface area contributed by atoms with Gasteiger partial charge in [0.1, 0.15) is 34.5 Å². The lowest BCUT2D eigenvalue weighted by atomic mass is 10.1. The second kappa shape index (κ2) is 11.7. The van der Waals surface area contributed by atoms with Crippen LogP contribution in [0.1, 0.15) is 24.2 Å². The van der Waals surface area contributed by atoms with Crippen LogP contribution < -0.4 is 4.74 Å². The molecular formula is C23H12BrF6N3O4S. The van der Waals surface area contributed by atoms with Crippen molar-refractivity contribution in [2.75, 3.05) is 0 Å². The Morgan fingerprint density at radius 2 is 1.39 bits per heavy atom. The molecule has 0 amide bonds. The molecule has 0 bridgehead atoms. The van der Waals surface area contributed by atoms with Gasteiger partial charge in [-0.1, -0.05) is 33.8 Å². The molecule has 0 aliphatic heterocycles. The van der Waals surface area contributed by atoms with E-state index in [2.05, 4.69) is 35.8 Å². The fraction of sp³-hybridized carbons (Fsp3) is 0.0870. The summed E-state index contributed by atoms with van der Waals surface area (Å²) in [5, 5.41) is 15.9. The molecule has 0 aliphatic carbocycles. The quantitative estimate of drug-likeness (QED) is 0.190. The lowest BCUT2D eigenvalue weighted by Crippen LogP contribution is -1.90. The van der Waals surface area contributed by atoms with E-state index in [1.54, 1.807) is 0 Å². The van der Waals surface area contributed by atoms with E-state index in [1.807, 2.05) is 0 Å². The van der Waals surface area contributed by atoms with Gasteiger partial charge in [-0.25, -0.2) is 31.3 Å². The van der Waals surface area contributed by atoms with Gasteiger partial charge < -0.3 is 18.9 Å². The zero-order valence-electron chi connectivity index (χ0n) is 18.4. The van der Waals surface area contributed by atoms with E-state index in [4.69, 9.17) is 9.26 Å². The molecule has 0 fully saturated rings. The van der Waals surface area contributed by atoms with Crippen LogP contribution in [0.15, 0.2) is 67.6 Å². The first-order valence-corrected chi connectivity index (χ1v) is 11.8. The van der Waals surface area contributed by atoms with Gasteiger partial charge in [0, 0.05) is 12.1 Å². The van der Waals surface area contributed by atoms with E-state index in [-0.39, 0.29) is 33.6 Å². The number of aromatic nitrogens is 3. The van der Waals surface area contributed by atoms with Crippen molar-refractivity contribution in [2.24, 2.45) is 0 Å². The van der Waals surface area contributed by atoms with Crippen molar-refractivity contribution in [3.8, 4) is 39.3 Å². The molecule has 2 aromatic carbocycles. The zero-order chi connectivity index (χ0) is 27.4. The summed E-state index contributed by atoms with van der Waals surface area (Å²) in [4.78, 5) is 3.97. The third-order valence-electron chi connectivity index (χ3n) is 4.62. The van der Waals surface area contributed by atoms with Crippen LogP contribution in [0.3, 0.4) is 0 Å². The van der Waals surface area contributed by atoms with Crippen molar-refractivity contribution in [1.82, 2.24) is 15.3 Å². The largest absolute Gasteiger partial charge is 0.507 e.